The van der Waals surface area contributed by atoms with E-state index >= 15 is 0 Å². The summed E-state index contributed by atoms with van der Waals surface area (Å²) in [5.74, 6) is -2.53. The van der Waals surface area contributed by atoms with Crippen LogP contribution in [-0.4, -0.2) is 52.9 Å². The van der Waals surface area contributed by atoms with Gasteiger partial charge in [-0.3, -0.25) is 19.0 Å². The van der Waals surface area contributed by atoms with Gasteiger partial charge in [0.2, 0.25) is 0 Å². The van der Waals surface area contributed by atoms with E-state index < -0.39 is 44.1 Å². The normalized spacial score (nSPS) is 11.2. The van der Waals surface area contributed by atoms with E-state index in [0.717, 1.165) is 10.8 Å². The number of aromatic nitrogens is 1. The van der Waals surface area contributed by atoms with Gasteiger partial charge in [-0.15, -0.1) is 0 Å². The van der Waals surface area contributed by atoms with Gasteiger partial charge in [0.15, 0.2) is 0 Å². The minimum Gasteiger partial charge on any atom is -0.507 e. The first-order chi connectivity index (χ1) is 23.7. The van der Waals surface area contributed by atoms with Crippen LogP contribution >= 0.6 is 0 Å². The number of hydrogen-bond donors (Lipinski definition) is 8. The summed E-state index contributed by atoms with van der Waals surface area (Å²) in [6.45, 7) is -2.36. The molecule has 0 aliphatic carbocycles. The molecule has 0 unspecified atom stereocenters. The number of benzene rings is 5. The molecule has 5 aromatic carbocycles. The number of anilines is 2. The van der Waals surface area contributed by atoms with E-state index in [2.05, 4.69) is 10.6 Å². The van der Waals surface area contributed by atoms with Gasteiger partial charge in [-0.05, 0) is 54.6 Å². The van der Waals surface area contributed by atoms with Crippen molar-refractivity contribution in [3.8, 4) is 11.5 Å². The second-order valence-electron chi connectivity index (χ2n) is 11.3. The predicted octanol–water partition coefficient (Wildman–Crippen LogP) is 4.37. The molecule has 0 atom stereocenters. The third-order valence-corrected chi connectivity index (χ3v) is 8.22. The van der Waals surface area contributed by atoms with Crippen LogP contribution in [0, 0.1) is 0 Å². The average molecular weight is 662 g/mol. The number of fused-ring (bicyclic) bond motifs is 3. The highest BCUT2D eigenvalue weighted by Gasteiger charge is 2.21. The van der Waals surface area contributed by atoms with Crippen LogP contribution in [-0.2, 0) is 26.4 Å². The van der Waals surface area contributed by atoms with Crippen LogP contribution in [0.15, 0.2) is 91.0 Å². The van der Waals surface area contributed by atoms with Gasteiger partial charge in [-0.1, -0.05) is 36.4 Å². The number of phenols is 2. The fourth-order valence-electron chi connectivity index (χ4n) is 5.84. The minimum absolute atomic E-state index is 0.00720. The first kappa shape index (κ1) is 32.9. The Morgan fingerprint density at radius 2 is 0.878 bits per heavy atom. The molecule has 1 heterocycles. The van der Waals surface area contributed by atoms with Gasteiger partial charge >= 0.3 is 0 Å². The van der Waals surface area contributed by atoms with Gasteiger partial charge in [-0.25, -0.2) is 0 Å². The lowest BCUT2D eigenvalue weighted by Crippen LogP contribution is -2.17. The van der Waals surface area contributed by atoms with E-state index in [0.29, 0.717) is 11.0 Å². The van der Waals surface area contributed by atoms with Crippen LogP contribution in [0.5, 0.6) is 11.5 Å². The van der Waals surface area contributed by atoms with Crippen molar-refractivity contribution in [1.82, 2.24) is 4.57 Å². The summed E-state index contributed by atoms with van der Waals surface area (Å²) in [6, 6.07) is 24.1. The number of hydrogen-bond acceptors (Lipinski definition) is 9. The number of amides is 2. The lowest BCUT2D eigenvalue weighted by atomic mass is 10.0. The number of aliphatic hydroxyl groups excluding tert-OH is 4. The standard InChI is InChI=1S/C37H31N3O9/c41-16-23-9-20(10-24(17-42)33(23)45)35(47)38-27-13-22(37(49)40-31-7-3-1-5-29(31)30-6-2-4-8-32(30)40)14-28(15-27)39-36(48)21-11-25(18-43)34(46)26(12-21)19-44/h1-15,41-46H,16-19H2,(H,38,47)(H,39,48). The first-order valence-corrected chi connectivity index (χ1v) is 15.1. The van der Waals surface area contributed by atoms with Crippen LogP contribution in [0.1, 0.15) is 53.3 Å². The zero-order valence-electron chi connectivity index (χ0n) is 25.8. The number of nitrogens with zero attached hydrogens (tertiary/aromatic N) is 1. The number of para-hydroxylation sites is 2. The van der Waals surface area contributed by atoms with Gasteiger partial charge in [-0.2, -0.15) is 0 Å². The van der Waals surface area contributed by atoms with Crippen molar-refractivity contribution in [1.29, 1.82) is 0 Å². The quantitative estimate of drug-likeness (QED) is 0.111. The third kappa shape index (κ3) is 6.20. The molecular formula is C37H31N3O9. The Morgan fingerprint density at radius 3 is 1.24 bits per heavy atom. The highest BCUT2D eigenvalue weighted by atomic mass is 16.3. The van der Waals surface area contributed by atoms with E-state index in [1.165, 1.54) is 42.5 Å². The van der Waals surface area contributed by atoms with Crippen molar-refractivity contribution in [3.05, 3.63) is 130 Å². The van der Waals surface area contributed by atoms with Crippen molar-refractivity contribution in [2.45, 2.75) is 26.4 Å². The van der Waals surface area contributed by atoms with E-state index in [-0.39, 0.29) is 61.8 Å². The number of aliphatic hydroxyl groups is 4. The maximum Gasteiger partial charge on any atom is 0.263 e. The molecule has 0 bridgehead atoms. The number of aromatic hydroxyl groups is 2. The maximum atomic E-state index is 14.3. The molecule has 49 heavy (non-hydrogen) atoms. The monoisotopic (exact) mass is 661 g/mol. The second-order valence-corrected chi connectivity index (χ2v) is 11.3. The van der Waals surface area contributed by atoms with E-state index in [1.807, 2.05) is 48.5 Å². The molecule has 0 aliphatic heterocycles. The highest BCUT2D eigenvalue weighted by molar-refractivity contribution is 6.17. The Balaban J connectivity index is 1.44. The summed E-state index contributed by atoms with van der Waals surface area (Å²) >= 11 is 0. The zero-order valence-corrected chi connectivity index (χ0v) is 25.8. The largest absolute Gasteiger partial charge is 0.507 e. The van der Waals surface area contributed by atoms with E-state index in [1.54, 1.807) is 4.57 Å². The number of nitrogens with one attached hydrogen (secondary N) is 2. The topological polar surface area (TPSA) is 202 Å². The average Bonchev–Trinajstić information content (AvgIpc) is 3.45. The third-order valence-electron chi connectivity index (χ3n) is 8.22. The molecule has 0 radical (unpaired) electrons. The molecule has 12 heteroatoms. The molecule has 0 saturated carbocycles. The van der Waals surface area contributed by atoms with Crippen molar-refractivity contribution < 1.29 is 45.0 Å². The lowest BCUT2D eigenvalue weighted by Gasteiger charge is -2.15. The summed E-state index contributed by atoms with van der Waals surface area (Å²) in [5, 5.41) is 66.3. The Morgan fingerprint density at radius 1 is 0.510 bits per heavy atom. The van der Waals surface area contributed by atoms with Crippen molar-refractivity contribution in [2.75, 3.05) is 10.6 Å². The van der Waals surface area contributed by atoms with Crippen LogP contribution < -0.4 is 10.6 Å². The zero-order chi connectivity index (χ0) is 34.8. The van der Waals surface area contributed by atoms with Crippen LogP contribution in [0.4, 0.5) is 11.4 Å². The number of carbonyl (C=O) groups is 3. The summed E-state index contributed by atoms with van der Waals surface area (Å²) in [5.41, 5.74) is 1.71. The minimum atomic E-state index is -0.693. The lowest BCUT2D eigenvalue weighted by molar-refractivity contribution is 0.0966. The van der Waals surface area contributed by atoms with Gasteiger partial charge in [0.25, 0.3) is 17.7 Å². The molecule has 0 saturated heterocycles. The SMILES string of the molecule is O=C(Nc1cc(NC(=O)c2cc(CO)c(O)c(CO)c2)cc(C(=O)n2c3ccccc3c3ccccc32)c1)c1cc(CO)c(O)c(CO)c1. The number of carbonyl (C=O) groups excluding carboxylic acids is 3. The van der Waals surface area contributed by atoms with E-state index in [9.17, 15) is 45.0 Å². The van der Waals surface area contributed by atoms with Crippen LogP contribution in [0.25, 0.3) is 21.8 Å². The molecule has 12 nitrogen and oxygen atoms in total. The summed E-state index contributed by atoms with van der Waals surface area (Å²) < 4.78 is 1.54. The molecule has 0 spiro atoms. The molecule has 1 aromatic heterocycles. The summed E-state index contributed by atoms with van der Waals surface area (Å²) in [4.78, 5) is 41.2. The van der Waals surface area contributed by atoms with Crippen LogP contribution in [0.3, 0.4) is 0 Å². The van der Waals surface area contributed by atoms with Gasteiger partial charge in [0.05, 0.1) is 37.5 Å². The summed E-state index contributed by atoms with van der Waals surface area (Å²) in [6.07, 6.45) is 0. The van der Waals surface area contributed by atoms with Crippen molar-refractivity contribution in [3.63, 3.8) is 0 Å². The summed E-state index contributed by atoms with van der Waals surface area (Å²) in [7, 11) is 0. The maximum absolute atomic E-state index is 14.3. The predicted molar refractivity (Wildman–Crippen MR) is 181 cm³/mol. The number of rotatable bonds is 9. The fraction of sp³-hybridized carbons (Fsp3) is 0.108. The molecule has 6 rings (SSSR count). The molecule has 2 amide bonds. The highest BCUT2D eigenvalue weighted by Crippen LogP contribution is 2.32. The molecular weight excluding hydrogens is 630 g/mol. The molecule has 248 valence electrons. The molecule has 0 aliphatic rings. The van der Waals surface area contributed by atoms with Crippen molar-refractivity contribution in [2.24, 2.45) is 0 Å². The van der Waals surface area contributed by atoms with Crippen LogP contribution in [0.2, 0.25) is 0 Å². The smallest absolute Gasteiger partial charge is 0.263 e. The van der Waals surface area contributed by atoms with E-state index in [4.69, 9.17) is 0 Å². The van der Waals surface area contributed by atoms with Crippen molar-refractivity contribution >= 4 is 50.9 Å². The van der Waals surface area contributed by atoms with Gasteiger partial charge in [0, 0.05) is 61.1 Å². The molecule has 8 N–H and O–H groups in total. The molecule has 6 aromatic rings. The first-order valence-electron chi connectivity index (χ1n) is 15.1. The Kier molecular flexibility index (Phi) is 9.12. The van der Waals surface area contributed by atoms with Gasteiger partial charge < -0.3 is 41.3 Å². The second kappa shape index (κ2) is 13.6. The Bertz CT molecular complexity index is 2080. The Labute approximate surface area is 278 Å². The Hall–Kier alpha value is -6.05. The molecule has 0 fully saturated rings. The fourth-order valence-corrected chi connectivity index (χ4v) is 5.84. The van der Waals surface area contributed by atoms with Gasteiger partial charge in [0.1, 0.15) is 11.5 Å².